The van der Waals surface area contributed by atoms with Crippen LogP contribution >= 0.6 is 0 Å². The Hall–Kier alpha value is -0.570. The number of rotatable bonds is 5. The molecule has 0 aromatic rings. The number of nitrogens with one attached hydrogen (secondary N) is 1. The molecule has 0 atom stereocenters. The van der Waals surface area contributed by atoms with Crippen molar-refractivity contribution in [2.75, 3.05) is 19.6 Å². The van der Waals surface area contributed by atoms with Crippen LogP contribution in [-0.4, -0.2) is 36.5 Å². The fraction of sp³-hybridized carbons (Fsp3) is 0.933. The zero-order valence-electron chi connectivity index (χ0n) is 11.8. The Kier molecular flexibility index (Phi) is 5.48. The molecule has 1 amide bonds. The van der Waals surface area contributed by atoms with Gasteiger partial charge < -0.3 is 10.2 Å². The lowest BCUT2D eigenvalue weighted by atomic mass is 10.0. The molecule has 18 heavy (non-hydrogen) atoms. The van der Waals surface area contributed by atoms with Gasteiger partial charge in [-0.25, -0.2) is 0 Å². The van der Waals surface area contributed by atoms with Gasteiger partial charge in [0.1, 0.15) is 0 Å². The van der Waals surface area contributed by atoms with Crippen LogP contribution in [0.5, 0.6) is 0 Å². The topological polar surface area (TPSA) is 32.3 Å². The molecule has 2 rings (SSSR count). The predicted molar refractivity (Wildman–Crippen MR) is 74.5 cm³/mol. The quantitative estimate of drug-likeness (QED) is 0.815. The largest absolute Gasteiger partial charge is 0.353 e. The lowest BCUT2D eigenvalue weighted by Gasteiger charge is -2.32. The molecule has 0 spiro atoms. The van der Waals surface area contributed by atoms with E-state index >= 15 is 0 Å². The van der Waals surface area contributed by atoms with Gasteiger partial charge in [0, 0.05) is 25.6 Å². The standard InChI is InChI=1S/C15H28N2O/c1-2-9-17-10-7-14(8-11-17)16-15(18)12-13-5-3-4-6-13/h13-14H,2-12H2,1H3,(H,16,18). The van der Waals surface area contributed by atoms with Gasteiger partial charge in [0.25, 0.3) is 0 Å². The van der Waals surface area contributed by atoms with Crippen LogP contribution in [0.2, 0.25) is 0 Å². The highest BCUT2D eigenvalue weighted by Gasteiger charge is 2.22. The van der Waals surface area contributed by atoms with E-state index in [4.69, 9.17) is 0 Å². The smallest absolute Gasteiger partial charge is 0.220 e. The van der Waals surface area contributed by atoms with E-state index < -0.39 is 0 Å². The van der Waals surface area contributed by atoms with Crippen LogP contribution in [0.15, 0.2) is 0 Å². The van der Waals surface area contributed by atoms with Gasteiger partial charge in [0.15, 0.2) is 0 Å². The molecule has 1 saturated carbocycles. The number of hydrogen-bond acceptors (Lipinski definition) is 2. The minimum atomic E-state index is 0.302. The van der Waals surface area contributed by atoms with Gasteiger partial charge in [-0.1, -0.05) is 19.8 Å². The molecular formula is C15H28N2O. The van der Waals surface area contributed by atoms with Crippen LogP contribution in [0.1, 0.15) is 58.3 Å². The molecule has 1 N–H and O–H groups in total. The van der Waals surface area contributed by atoms with Crippen molar-refractivity contribution in [1.29, 1.82) is 0 Å². The number of amides is 1. The van der Waals surface area contributed by atoms with Gasteiger partial charge >= 0.3 is 0 Å². The Morgan fingerprint density at radius 3 is 2.44 bits per heavy atom. The van der Waals surface area contributed by atoms with Crippen molar-refractivity contribution in [2.24, 2.45) is 5.92 Å². The molecule has 1 saturated heterocycles. The van der Waals surface area contributed by atoms with Gasteiger partial charge in [-0.05, 0) is 44.6 Å². The van der Waals surface area contributed by atoms with Crippen molar-refractivity contribution < 1.29 is 4.79 Å². The average Bonchev–Trinajstić information content (AvgIpc) is 2.84. The van der Waals surface area contributed by atoms with Crippen LogP contribution < -0.4 is 5.32 Å². The van der Waals surface area contributed by atoms with Crippen molar-refractivity contribution in [3.05, 3.63) is 0 Å². The summed E-state index contributed by atoms with van der Waals surface area (Å²) in [6.45, 7) is 5.75. The Morgan fingerprint density at radius 1 is 1.17 bits per heavy atom. The van der Waals surface area contributed by atoms with Gasteiger partial charge in [-0.3, -0.25) is 4.79 Å². The number of likely N-dealkylation sites (tertiary alicyclic amines) is 1. The maximum absolute atomic E-state index is 11.9. The van der Waals surface area contributed by atoms with Crippen LogP contribution in [0.25, 0.3) is 0 Å². The van der Waals surface area contributed by atoms with E-state index in [2.05, 4.69) is 17.1 Å². The highest BCUT2D eigenvalue weighted by Crippen LogP contribution is 2.27. The molecule has 0 unspecified atom stereocenters. The number of carbonyl (C=O) groups is 1. The minimum absolute atomic E-state index is 0.302. The Labute approximate surface area is 111 Å². The molecule has 1 heterocycles. The molecule has 1 aliphatic heterocycles. The molecule has 0 aromatic heterocycles. The van der Waals surface area contributed by atoms with Crippen molar-refractivity contribution in [2.45, 2.75) is 64.3 Å². The molecule has 0 bridgehead atoms. The van der Waals surface area contributed by atoms with Crippen LogP contribution in [0.3, 0.4) is 0 Å². The third-order valence-electron chi connectivity index (χ3n) is 4.44. The first-order valence-corrected chi connectivity index (χ1v) is 7.79. The molecule has 0 aromatic carbocycles. The van der Waals surface area contributed by atoms with E-state index in [0.717, 1.165) is 32.4 Å². The normalized spacial score (nSPS) is 23.4. The summed E-state index contributed by atoms with van der Waals surface area (Å²) in [5, 5.41) is 3.24. The summed E-state index contributed by atoms with van der Waals surface area (Å²) in [4.78, 5) is 14.5. The van der Waals surface area contributed by atoms with Crippen LogP contribution in [0, 0.1) is 5.92 Å². The number of carbonyl (C=O) groups excluding carboxylic acids is 1. The van der Waals surface area contributed by atoms with Gasteiger partial charge in [0.05, 0.1) is 0 Å². The second-order valence-corrected chi connectivity index (χ2v) is 6.04. The zero-order chi connectivity index (χ0) is 12.8. The molecule has 2 aliphatic rings. The van der Waals surface area contributed by atoms with Crippen molar-refractivity contribution in [1.82, 2.24) is 10.2 Å². The average molecular weight is 252 g/mol. The highest BCUT2D eigenvalue weighted by atomic mass is 16.1. The van der Waals surface area contributed by atoms with E-state index in [-0.39, 0.29) is 0 Å². The van der Waals surface area contributed by atoms with Crippen molar-refractivity contribution >= 4 is 5.91 Å². The van der Waals surface area contributed by atoms with E-state index in [1.165, 1.54) is 38.6 Å². The zero-order valence-corrected chi connectivity index (χ0v) is 11.8. The molecule has 3 nitrogen and oxygen atoms in total. The summed E-state index contributed by atoms with van der Waals surface area (Å²) >= 11 is 0. The lowest BCUT2D eigenvalue weighted by molar-refractivity contribution is -0.123. The second kappa shape index (κ2) is 7.13. The van der Waals surface area contributed by atoms with E-state index in [1.807, 2.05) is 0 Å². The summed E-state index contributed by atoms with van der Waals surface area (Å²) in [6.07, 6.45) is 9.46. The fourth-order valence-corrected chi connectivity index (χ4v) is 3.38. The molecule has 1 aliphatic carbocycles. The molecule has 2 fully saturated rings. The SMILES string of the molecule is CCCN1CCC(NC(=O)CC2CCCC2)CC1. The first-order valence-electron chi connectivity index (χ1n) is 7.79. The number of piperidine rings is 1. The fourth-order valence-electron chi connectivity index (χ4n) is 3.38. The van der Waals surface area contributed by atoms with Crippen molar-refractivity contribution in [3.63, 3.8) is 0 Å². The molecule has 0 radical (unpaired) electrons. The third-order valence-corrected chi connectivity index (χ3v) is 4.44. The second-order valence-electron chi connectivity index (χ2n) is 6.04. The lowest BCUT2D eigenvalue weighted by Crippen LogP contribution is -2.45. The summed E-state index contributed by atoms with van der Waals surface area (Å²) in [7, 11) is 0. The Bertz CT molecular complexity index is 253. The van der Waals surface area contributed by atoms with Gasteiger partial charge in [-0.2, -0.15) is 0 Å². The maximum Gasteiger partial charge on any atom is 0.220 e. The highest BCUT2D eigenvalue weighted by molar-refractivity contribution is 5.76. The van der Waals surface area contributed by atoms with E-state index in [1.54, 1.807) is 0 Å². The number of nitrogens with zero attached hydrogens (tertiary/aromatic N) is 1. The maximum atomic E-state index is 11.9. The summed E-state index contributed by atoms with van der Waals surface area (Å²) in [6, 6.07) is 0.437. The van der Waals surface area contributed by atoms with E-state index in [0.29, 0.717) is 17.9 Å². The summed E-state index contributed by atoms with van der Waals surface area (Å²) in [5.41, 5.74) is 0. The van der Waals surface area contributed by atoms with Crippen LogP contribution in [-0.2, 0) is 4.79 Å². The monoisotopic (exact) mass is 252 g/mol. The number of hydrogen-bond donors (Lipinski definition) is 1. The first-order chi connectivity index (χ1) is 8.78. The predicted octanol–water partition coefficient (Wildman–Crippen LogP) is 2.56. The third kappa shape index (κ3) is 4.27. The van der Waals surface area contributed by atoms with Gasteiger partial charge in [0.2, 0.25) is 5.91 Å². The van der Waals surface area contributed by atoms with E-state index in [9.17, 15) is 4.79 Å². The molecule has 3 heteroatoms. The summed E-state index contributed by atoms with van der Waals surface area (Å²) < 4.78 is 0. The molecule has 104 valence electrons. The Balaban J connectivity index is 1.63. The van der Waals surface area contributed by atoms with Crippen molar-refractivity contribution in [3.8, 4) is 0 Å². The Morgan fingerprint density at radius 2 is 1.83 bits per heavy atom. The summed E-state index contributed by atoms with van der Waals surface area (Å²) in [5.74, 6) is 0.973. The molecular weight excluding hydrogens is 224 g/mol. The minimum Gasteiger partial charge on any atom is -0.353 e. The van der Waals surface area contributed by atoms with Crippen LogP contribution in [0.4, 0.5) is 0 Å². The van der Waals surface area contributed by atoms with Gasteiger partial charge in [-0.15, -0.1) is 0 Å². The first kappa shape index (κ1) is 13.9.